The molecule has 8 rings (SSSR count). The molecule has 0 amide bonds. The summed E-state index contributed by atoms with van der Waals surface area (Å²) in [4.78, 5) is 10.4. The minimum atomic E-state index is -0.313. The van der Waals surface area contributed by atoms with E-state index in [1.165, 1.54) is 18.9 Å². The van der Waals surface area contributed by atoms with E-state index in [9.17, 15) is 4.39 Å². The van der Waals surface area contributed by atoms with Gasteiger partial charge in [0.25, 0.3) is 0 Å². The predicted octanol–water partition coefficient (Wildman–Crippen LogP) is 7.18. The number of fused-ring (bicyclic) bond motifs is 2. The Morgan fingerprint density at radius 1 is 0.826 bits per heavy atom. The van der Waals surface area contributed by atoms with Gasteiger partial charge in [0.1, 0.15) is 35.7 Å². The lowest BCUT2D eigenvalue weighted by Crippen LogP contribution is -2.34. The Labute approximate surface area is 266 Å². The van der Waals surface area contributed by atoms with Crippen LogP contribution in [-0.2, 0) is 0 Å². The summed E-state index contributed by atoms with van der Waals surface area (Å²) in [5, 5.41) is 13.3. The first-order chi connectivity index (χ1) is 22.7. The van der Waals surface area contributed by atoms with Crippen molar-refractivity contribution in [2.24, 2.45) is 0 Å². The molecule has 3 aromatic carbocycles. The summed E-state index contributed by atoms with van der Waals surface area (Å²) in [6.07, 6.45) is 8.33. The van der Waals surface area contributed by atoms with Gasteiger partial charge in [0.15, 0.2) is 0 Å². The molecule has 5 heterocycles. The molecule has 2 saturated heterocycles. The van der Waals surface area contributed by atoms with Crippen LogP contribution >= 0.6 is 0 Å². The van der Waals surface area contributed by atoms with Crippen LogP contribution in [0.2, 0.25) is 0 Å². The Hall–Kier alpha value is -4.73. The fourth-order valence-electron chi connectivity index (χ4n) is 6.78. The van der Waals surface area contributed by atoms with Gasteiger partial charge in [-0.15, -0.1) is 0 Å². The van der Waals surface area contributed by atoms with E-state index in [4.69, 9.17) is 14.6 Å². The van der Waals surface area contributed by atoms with Gasteiger partial charge in [-0.25, -0.2) is 4.39 Å². The largest absolute Gasteiger partial charge is 0.492 e. The van der Waals surface area contributed by atoms with E-state index >= 15 is 0 Å². The van der Waals surface area contributed by atoms with Crippen molar-refractivity contribution in [2.75, 3.05) is 39.3 Å². The quantitative estimate of drug-likeness (QED) is 0.159. The number of nitrogens with zero attached hydrogens (tertiary/aromatic N) is 3. The second-order valence-electron chi connectivity index (χ2n) is 12.3. The zero-order chi connectivity index (χ0) is 30.9. The summed E-state index contributed by atoms with van der Waals surface area (Å²) >= 11 is 0. The van der Waals surface area contributed by atoms with Gasteiger partial charge in [-0.05, 0) is 111 Å². The van der Waals surface area contributed by atoms with E-state index in [0.29, 0.717) is 12.4 Å². The highest BCUT2D eigenvalue weighted by Gasteiger charge is 2.18. The van der Waals surface area contributed by atoms with E-state index in [2.05, 4.69) is 49.5 Å². The third-order valence-corrected chi connectivity index (χ3v) is 9.17. The molecule has 0 radical (unpaired) electrons. The van der Waals surface area contributed by atoms with Crippen molar-refractivity contribution in [3.63, 3.8) is 0 Å². The second-order valence-corrected chi connectivity index (χ2v) is 12.3. The number of hydrogen-bond donors (Lipinski definition) is 3. The molecule has 0 unspecified atom stereocenters. The maximum Gasteiger partial charge on any atom is 0.138 e. The lowest BCUT2D eigenvalue weighted by Gasteiger charge is -2.23. The van der Waals surface area contributed by atoms with Gasteiger partial charge in [0.05, 0.1) is 17.4 Å². The van der Waals surface area contributed by atoms with Crippen LogP contribution in [0.5, 0.6) is 11.5 Å². The molecule has 0 aliphatic carbocycles. The van der Waals surface area contributed by atoms with E-state index in [-0.39, 0.29) is 11.9 Å². The van der Waals surface area contributed by atoms with E-state index in [0.717, 1.165) is 107 Å². The minimum Gasteiger partial charge on any atom is -0.492 e. The van der Waals surface area contributed by atoms with Crippen LogP contribution in [0, 0.1) is 5.82 Å². The Morgan fingerprint density at radius 2 is 1.70 bits per heavy atom. The van der Waals surface area contributed by atoms with Gasteiger partial charge < -0.3 is 19.8 Å². The fraction of sp³-hybridized carbons (Fsp3) is 0.297. The standard InChI is InChI=1S/C37H37FN6O2/c38-27-16-25(17-29(20-27)45-15-14-44-12-1-2-13-44)31-4-3-5-34-32(31)21-36(41-34)37-33-19-24(6-7-35(33)42-43-37)26-18-30(23-40-22-26)46-28-8-10-39-11-9-28/h3-7,16-23,28,39,41H,1-2,8-15H2,(H,42,43). The minimum absolute atomic E-state index is 0.208. The molecule has 6 aromatic rings. The highest BCUT2D eigenvalue weighted by atomic mass is 19.1. The van der Waals surface area contributed by atoms with E-state index < -0.39 is 0 Å². The Balaban J connectivity index is 1.08. The summed E-state index contributed by atoms with van der Waals surface area (Å²) < 4.78 is 27.1. The van der Waals surface area contributed by atoms with Crippen molar-refractivity contribution in [2.45, 2.75) is 31.8 Å². The molecular formula is C37H37FN6O2. The highest BCUT2D eigenvalue weighted by Crippen LogP contribution is 2.37. The molecule has 0 atom stereocenters. The number of rotatable bonds is 9. The maximum absolute atomic E-state index is 14.8. The highest BCUT2D eigenvalue weighted by molar-refractivity contribution is 6.02. The van der Waals surface area contributed by atoms with Crippen LogP contribution in [0.4, 0.5) is 4.39 Å². The normalized spacial score (nSPS) is 16.0. The molecule has 46 heavy (non-hydrogen) atoms. The lowest BCUT2D eigenvalue weighted by atomic mass is 10.0. The first-order valence-electron chi connectivity index (χ1n) is 16.3. The third-order valence-electron chi connectivity index (χ3n) is 9.17. The molecule has 2 aliphatic rings. The molecular weight excluding hydrogens is 579 g/mol. The summed E-state index contributed by atoms with van der Waals surface area (Å²) in [6, 6.07) is 21.5. The Bertz CT molecular complexity index is 1990. The van der Waals surface area contributed by atoms with Gasteiger partial charge in [0, 0.05) is 40.7 Å². The van der Waals surface area contributed by atoms with Crippen molar-refractivity contribution >= 4 is 21.8 Å². The molecule has 9 heteroatoms. The second kappa shape index (κ2) is 12.6. The molecule has 234 valence electrons. The average molecular weight is 617 g/mol. The summed E-state index contributed by atoms with van der Waals surface area (Å²) in [5.41, 5.74) is 7.32. The zero-order valence-corrected chi connectivity index (χ0v) is 25.7. The van der Waals surface area contributed by atoms with E-state index in [1.54, 1.807) is 12.3 Å². The van der Waals surface area contributed by atoms with Crippen LogP contribution < -0.4 is 14.8 Å². The number of hydrogen-bond acceptors (Lipinski definition) is 6. The molecule has 3 aromatic heterocycles. The van der Waals surface area contributed by atoms with Crippen molar-refractivity contribution in [1.29, 1.82) is 0 Å². The van der Waals surface area contributed by atoms with Gasteiger partial charge in [-0.2, -0.15) is 5.10 Å². The van der Waals surface area contributed by atoms with Crippen LogP contribution in [0.15, 0.2) is 79.1 Å². The van der Waals surface area contributed by atoms with Crippen LogP contribution in [0.1, 0.15) is 25.7 Å². The van der Waals surface area contributed by atoms with Crippen LogP contribution in [0.25, 0.3) is 55.4 Å². The molecule has 2 aliphatic heterocycles. The van der Waals surface area contributed by atoms with Crippen LogP contribution in [0.3, 0.4) is 0 Å². The topological polar surface area (TPSA) is 91.1 Å². The Morgan fingerprint density at radius 3 is 2.59 bits per heavy atom. The van der Waals surface area contributed by atoms with Crippen molar-refractivity contribution in [1.82, 2.24) is 30.4 Å². The Kier molecular flexibility index (Phi) is 7.85. The predicted molar refractivity (Wildman–Crippen MR) is 180 cm³/mol. The maximum atomic E-state index is 14.8. The third kappa shape index (κ3) is 5.96. The SMILES string of the molecule is Fc1cc(OCCN2CCCC2)cc(-c2cccc3[nH]c(-c4n[nH]c5ccc(-c6cncc(OC7CCNCC7)c6)cc45)cc23)c1. The fourth-order valence-corrected chi connectivity index (χ4v) is 6.78. The number of nitrogens with one attached hydrogen (secondary N) is 3. The molecule has 0 bridgehead atoms. The van der Waals surface area contributed by atoms with Crippen molar-refractivity contribution in [3.8, 4) is 45.1 Å². The van der Waals surface area contributed by atoms with Gasteiger partial charge in [0.2, 0.25) is 0 Å². The lowest BCUT2D eigenvalue weighted by molar-refractivity contribution is 0.162. The molecule has 3 N–H and O–H groups in total. The van der Waals surface area contributed by atoms with Crippen molar-refractivity contribution in [3.05, 3.63) is 84.9 Å². The molecule has 0 spiro atoms. The number of ether oxygens (including phenoxy) is 2. The van der Waals surface area contributed by atoms with Gasteiger partial charge in [-0.1, -0.05) is 18.2 Å². The average Bonchev–Trinajstić information content (AvgIpc) is 3.85. The number of H-pyrrole nitrogens is 2. The van der Waals surface area contributed by atoms with Crippen molar-refractivity contribution < 1.29 is 13.9 Å². The van der Waals surface area contributed by atoms with E-state index in [1.807, 2.05) is 36.5 Å². The van der Waals surface area contributed by atoms with Gasteiger partial charge >= 0.3 is 0 Å². The summed E-state index contributed by atoms with van der Waals surface area (Å²) in [5.74, 6) is 1.03. The first kappa shape index (κ1) is 28.7. The van der Waals surface area contributed by atoms with Gasteiger partial charge in [-0.3, -0.25) is 15.0 Å². The molecule has 8 nitrogen and oxygen atoms in total. The van der Waals surface area contributed by atoms with Crippen LogP contribution in [-0.4, -0.2) is 70.5 Å². The number of likely N-dealkylation sites (tertiary alicyclic amines) is 1. The number of benzene rings is 3. The number of halogens is 1. The molecule has 0 saturated carbocycles. The number of piperidine rings is 1. The monoisotopic (exact) mass is 616 g/mol. The smallest absolute Gasteiger partial charge is 0.138 e. The number of aromatic nitrogens is 4. The number of aromatic amines is 2. The zero-order valence-electron chi connectivity index (χ0n) is 25.7. The molecule has 2 fully saturated rings. The first-order valence-corrected chi connectivity index (χ1v) is 16.3. The summed E-state index contributed by atoms with van der Waals surface area (Å²) in [6.45, 7) is 5.57. The number of pyridine rings is 1. The summed E-state index contributed by atoms with van der Waals surface area (Å²) in [7, 11) is 0.